The molecule has 0 aromatic heterocycles. The highest BCUT2D eigenvalue weighted by molar-refractivity contribution is 7.79. The van der Waals surface area contributed by atoms with E-state index in [4.69, 9.17) is 24.4 Å². The average molecular weight is 272 g/mol. The Balaban J connectivity index is 2.89. The fourth-order valence-electron chi connectivity index (χ4n) is 1.88. The van der Waals surface area contributed by atoms with Crippen LogP contribution in [0, 0.1) is 6.42 Å². The zero-order valence-corrected chi connectivity index (χ0v) is 12.7. The minimum atomic E-state index is 1.11. The van der Waals surface area contributed by atoms with Crippen LogP contribution < -0.4 is 0 Å². The molecule has 0 fully saturated rings. The minimum Gasteiger partial charge on any atom is -0.0935 e. The number of unbranched alkanes of at least 4 members (excludes halogenated alkanes) is 12. The zero-order valence-electron chi connectivity index (χ0n) is 11.0. The van der Waals surface area contributed by atoms with E-state index in [0.717, 1.165) is 12.8 Å². The van der Waals surface area contributed by atoms with Crippen LogP contribution in [0.3, 0.4) is 0 Å². The molecule has 0 aromatic carbocycles. The molecule has 0 atom stereocenters. The standard InChI is InChI=1S/C15H27S2/c16-14-12-10-8-6-4-2-1-3-5-7-9-11-13-15-17/h1,14-15H,2-13H2. The first-order valence-electron chi connectivity index (χ1n) is 7.10. The summed E-state index contributed by atoms with van der Waals surface area (Å²) >= 11 is 9.60. The van der Waals surface area contributed by atoms with Crippen LogP contribution in [0.5, 0.6) is 0 Å². The smallest absolute Gasteiger partial charge is 0.0210 e. The Bertz CT molecular complexity index is 148. The quantitative estimate of drug-likeness (QED) is 0.286. The van der Waals surface area contributed by atoms with E-state index >= 15 is 0 Å². The lowest BCUT2D eigenvalue weighted by atomic mass is 10.1. The molecular formula is C15H27S2. The van der Waals surface area contributed by atoms with Gasteiger partial charge in [0.15, 0.2) is 0 Å². The molecule has 0 aliphatic heterocycles. The van der Waals surface area contributed by atoms with Gasteiger partial charge in [-0.3, -0.25) is 0 Å². The molecule has 0 amide bonds. The molecule has 0 rings (SSSR count). The third kappa shape index (κ3) is 16.2. The summed E-state index contributed by atoms with van der Waals surface area (Å²) in [6.07, 6.45) is 18.0. The van der Waals surface area contributed by atoms with Crippen molar-refractivity contribution in [3.63, 3.8) is 0 Å². The maximum atomic E-state index is 4.80. The number of hydrogen-bond acceptors (Lipinski definition) is 2. The van der Waals surface area contributed by atoms with Crippen molar-refractivity contribution >= 4 is 35.2 Å². The molecule has 0 heterocycles. The maximum absolute atomic E-state index is 4.80. The van der Waals surface area contributed by atoms with Crippen LogP contribution >= 0.6 is 24.4 Å². The van der Waals surface area contributed by atoms with E-state index in [0.29, 0.717) is 0 Å². The van der Waals surface area contributed by atoms with Gasteiger partial charge in [0.2, 0.25) is 0 Å². The Labute approximate surface area is 119 Å². The molecule has 1 radical (unpaired) electrons. The van der Waals surface area contributed by atoms with Gasteiger partial charge < -0.3 is 0 Å². The van der Waals surface area contributed by atoms with Crippen LogP contribution in [0.1, 0.15) is 77.0 Å². The molecular weight excluding hydrogens is 244 g/mol. The highest BCUT2D eigenvalue weighted by Gasteiger charge is 1.93. The van der Waals surface area contributed by atoms with Crippen LogP contribution in [0.4, 0.5) is 0 Å². The minimum absolute atomic E-state index is 1.11. The summed E-state index contributed by atoms with van der Waals surface area (Å²) in [6, 6.07) is 0. The Hall–Kier alpha value is 0.180. The number of thiocarbonyl (C=S) groups is 2. The molecule has 0 saturated carbocycles. The second-order valence-electron chi connectivity index (χ2n) is 4.61. The summed E-state index contributed by atoms with van der Waals surface area (Å²) in [7, 11) is 0. The van der Waals surface area contributed by atoms with Crippen molar-refractivity contribution in [2.75, 3.05) is 0 Å². The van der Waals surface area contributed by atoms with Crippen LogP contribution in [0.25, 0.3) is 0 Å². The number of hydrogen-bond donors (Lipinski definition) is 0. The highest BCUT2D eigenvalue weighted by atomic mass is 32.1. The summed E-state index contributed by atoms with van der Waals surface area (Å²) in [5.41, 5.74) is 0. The van der Waals surface area contributed by atoms with Gasteiger partial charge in [-0.2, -0.15) is 0 Å². The lowest BCUT2D eigenvalue weighted by molar-refractivity contribution is 0.613. The van der Waals surface area contributed by atoms with Gasteiger partial charge in [-0.1, -0.05) is 75.8 Å². The Morgan fingerprint density at radius 2 is 0.824 bits per heavy atom. The summed E-state index contributed by atoms with van der Waals surface area (Å²) in [5.74, 6) is 0. The van der Waals surface area contributed by atoms with Crippen molar-refractivity contribution in [3.05, 3.63) is 6.42 Å². The monoisotopic (exact) mass is 271 g/mol. The summed E-state index contributed by atoms with van der Waals surface area (Å²) in [4.78, 5) is 0. The lowest BCUT2D eigenvalue weighted by Crippen LogP contribution is -1.84. The van der Waals surface area contributed by atoms with Crippen molar-refractivity contribution in [1.29, 1.82) is 0 Å². The molecule has 0 saturated heterocycles. The van der Waals surface area contributed by atoms with Gasteiger partial charge in [0, 0.05) is 0 Å². The topological polar surface area (TPSA) is 0 Å². The Kier molecular flexibility index (Phi) is 16.4. The zero-order chi connectivity index (χ0) is 12.6. The molecule has 0 N–H and O–H groups in total. The molecule has 0 aromatic rings. The molecule has 0 unspecified atom stereocenters. The molecule has 0 spiro atoms. The van der Waals surface area contributed by atoms with Crippen LogP contribution in [-0.2, 0) is 0 Å². The van der Waals surface area contributed by atoms with E-state index in [1.165, 1.54) is 64.2 Å². The van der Waals surface area contributed by atoms with Crippen LogP contribution in [0.2, 0.25) is 0 Å². The van der Waals surface area contributed by atoms with Crippen molar-refractivity contribution in [2.45, 2.75) is 77.0 Å². The predicted octanol–water partition coefficient (Wildman–Crippen LogP) is 5.87. The lowest BCUT2D eigenvalue weighted by Gasteiger charge is -2.01. The normalized spacial score (nSPS) is 10.4. The van der Waals surface area contributed by atoms with Gasteiger partial charge in [-0.15, -0.1) is 0 Å². The fourth-order valence-corrected chi connectivity index (χ4v) is 2.22. The SMILES string of the molecule is S=CCCCCCC[CH]CCCCCCC=S. The summed E-state index contributed by atoms with van der Waals surface area (Å²) < 4.78 is 0. The molecule has 0 aliphatic carbocycles. The van der Waals surface area contributed by atoms with E-state index in [1.54, 1.807) is 0 Å². The fraction of sp³-hybridized carbons (Fsp3) is 0.800. The second-order valence-corrected chi connectivity index (χ2v) is 5.27. The van der Waals surface area contributed by atoms with E-state index in [2.05, 4.69) is 6.42 Å². The van der Waals surface area contributed by atoms with E-state index in [-0.39, 0.29) is 0 Å². The molecule has 2 heteroatoms. The van der Waals surface area contributed by atoms with Gasteiger partial charge in [0.25, 0.3) is 0 Å². The van der Waals surface area contributed by atoms with Gasteiger partial charge in [0.05, 0.1) is 0 Å². The van der Waals surface area contributed by atoms with Crippen molar-refractivity contribution < 1.29 is 0 Å². The maximum Gasteiger partial charge on any atom is -0.0210 e. The van der Waals surface area contributed by atoms with Gasteiger partial charge in [-0.05, 0) is 42.8 Å². The van der Waals surface area contributed by atoms with E-state index < -0.39 is 0 Å². The highest BCUT2D eigenvalue weighted by Crippen LogP contribution is 2.11. The molecule has 0 aliphatic rings. The molecule has 0 bridgehead atoms. The van der Waals surface area contributed by atoms with E-state index in [9.17, 15) is 0 Å². The van der Waals surface area contributed by atoms with Crippen molar-refractivity contribution in [2.24, 2.45) is 0 Å². The second kappa shape index (κ2) is 16.2. The third-order valence-corrected chi connectivity index (χ3v) is 3.43. The average Bonchev–Trinajstić information content (AvgIpc) is 2.35. The largest absolute Gasteiger partial charge is 0.0935 e. The molecule has 0 nitrogen and oxygen atoms in total. The van der Waals surface area contributed by atoms with Gasteiger partial charge in [0.1, 0.15) is 0 Å². The predicted molar refractivity (Wildman–Crippen MR) is 87.0 cm³/mol. The first-order chi connectivity index (χ1) is 8.41. The van der Waals surface area contributed by atoms with Crippen molar-refractivity contribution in [3.8, 4) is 0 Å². The Morgan fingerprint density at radius 1 is 0.471 bits per heavy atom. The first kappa shape index (κ1) is 17.2. The van der Waals surface area contributed by atoms with Gasteiger partial charge >= 0.3 is 0 Å². The van der Waals surface area contributed by atoms with Crippen molar-refractivity contribution in [1.82, 2.24) is 0 Å². The molecule has 17 heavy (non-hydrogen) atoms. The first-order valence-corrected chi connectivity index (χ1v) is 8.05. The third-order valence-electron chi connectivity index (χ3n) is 2.96. The summed E-state index contributed by atoms with van der Waals surface area (Å²) in [6.45, 7) is 0. The molecule has 99 valence electrons. The van der Waals surface area contributed by atoms with Crippen LogP contribution in [0.15, 0.2) is 0 Å². The Morgan fingerprint density at radius 3 is 1.18 bits per heavy atom. The van der Waals surface area contributed by atoms with Crippen LogP contribution in [-0.4, -0.2) is 10.7 Å². The summed E-state index contributed by atoms with van der Waals surface area (Å²) in [5, 5.41) is 3.71. The van der Waals surface area contributed by atoms with Gasteiger partial charge in [-0.25, -0.2) is 0 Å². The number of rotatable bonds is 14. The van der Waals surface area contributed by atoms with E-state index in [1.807, 2.05) is 10.7 Å².